The number of methoxy groups -OCH3 is 1. The highest BCUT2D eigenvalue weighted by Gasteiger charge is 2.38. The van der Waals surface area contributed by atoms with Gasteiger partial charge in [0.2, 0.25) is 0 Å². The lowest BCUT2D eigenvalue weighted by Crippen LogP contribution is -2.43. The van der Waals surface area contributed by atoms with Crippen molar-refractivity contribution in [3.05, 3.63) is 23.8 Å². The molecule has 0 saturated carbocycles. The van der Waals surface area contributed by atoms with Gasteiger partial charge in [-0.2, -0.15) is 0 Å². The van der Waals surface area contributed by atoms with Crippen LogP contribution in [0.15, 0.2) is 18.2 Å². The summed E-state index contributed by atoms with van der Waals surface area (Å²) in [6, 6.07) is 6.46. The van der Waals surface area contributed by atoms with Gasteiger partial charge in [-0.15, -0.1) is 0 Å². The average molecular weight is 263 g/mol. The number of benzene rings is 1. The van der Waals surface area contributed by atoms with E-state index in [0.29, 0.717) is 6.04 Å². The Morgan fingerprint density at radius 1 is 1.32 bits per heavy atom. The minimum Gasteiger partial charge on any atom is -0.497 e. The van der Waals surface area contributed by atoms with Crippen molar-refractivity contribution in [2.75, 3.05) is 13.7 Å². The van der Waals surface area contributed by atoms with Crippen LogP contribution in [0.4, 0.5) is 0 Å². The van der Waals surface area contributed by atoms with Crippen molar-refractivity contribution < 1.29 is 9.47 Å². The predicted molar refractivity (Wildman–Crippen MR) is 78.0 cm³/mol. The summed E-state index contributed by atoms with van der Waals surface area (Å²) in [4.78, 5) is 0. The van der Waals surface area contributed by atoms with Crippen molar-refractivity contribution in [3.8, 4) is 11.5 Å². The summed E-state index contributed by atoms with van der Waals surface area (Å²) < 4.78 is 11.6. The Morgan fingerprint density at radius 3 is 2.63 bits per heavy atom. The zero-order valence-electron chi connectivity index (χ0n) is 12.5. The van der Waals surface area contributed by atoms with Crippen LogP contribution in [0.3, 0.4) is 0 Å². The molecule has 1 unspecified atom stereocenters. The van der Waals surface area contributed by atoms with Crippen LogP contribution < -0.4 is 14.8 Å². The Hall–Kier alpha value is -1.22. The molecule has 1 N–H and O–H groups in total. The molecule has 0 spiro atoms. The van der Waals surface area contributed by atoms with Gasteiger partial charge in [0.1, 0.15) is 17.1 Å². The van der Waals surface area contributed by atoms with Crippen LogP contribution in [0.1, 0.15) is 51.6 Å². The Kier molecular flexibility index (Phi) is 4.35. The molecule has 1 aromatic carbocycles. The summed E-state index contributed by atoms with van der Waals surface area (Å²) in [6.45, 7) is 7.53. The molecule has 3 nitrogen and oxygen atoms in total. The number of rotatable bonds is 5. The van der Waals surface area contributed by atoms with E-state index in [1.165, 1.54) is 5.56 Å². The minimum atomic E-state index is -0.0333. The lowest BCUT2D eigenvalue weighted by molar-refractivity contribution is 0.0229. The van der Waals surface area contributed by atoms with E-state index >= 15 is 0 Å². The van der Waals surface area contributed by atoms with Crippen LogP contribution >= 0.6 is 0 Å². The minimum absolute atomic E-state index is 0.0333. The van der Waals surface area contributed by atoms with Crippen LogP contribution in [0, 0.1) is 0 Å². The third-order valence-electron chi connectivity index (χ3n) is 4.23. The highest BCUT2D eigenvalue weighted by molar-refractivity contribution is 5.44. The molecule has 2 rings (SSSR count). The number of fused-ring (bicyclic) bond motifs is 1. The van der Waals surface area contributed by atoms with Gasteiger partial charge in [-0.3, -0.25) is 0 Å². The van der Waals surface area contributed by atoms with Gasteiger partial charge >= 0.3 is 0 Å². The molecule has 1 heterocycles. The van der Waals surface area contributed by atoms with E-state index in [1.807, 2.05) is 12.1 Å². The molecule has 0 amide bonds. The highest BCUT2D eigenvalue weighted by atomic mass is 16.5. The summed E-state index contributed by atoms with van der Waals surface area (Å²) in [5, 5.41) is 3.58. The molecular formula is C16H25NO2. The smallest absolute Gasteiger partial charge is 0.125 e. The van der Waals surface area contributed by atoms with Crippen molar-refractivity contribution in [1.29, 1.82) is 0 Å². The van der Waals surface area contributed by atoms with Crippen molar-refractivity contribution in [2.24, 2.45) is 0 Å². The number of hydrogen-bond acceptors (Lipinski definition) is 3. The van der Waals surface area contributed by atoms with Gasteiger partial charge in [-0.05, 0) is 37.6 Å². The van der Waals surface area contributed by atoms with E-state index in [1.54, 1.807) is 7.11 Å². The molecule has 106 valence electrons. The standard InChI is InChI=1S/C16H25NO2/c1-5-16(6-2)11-14(17-7-3)13-10-12(18-4)8-9-15(13)19-16/h8-10,14,17H,5-7,11H2,1-4H3. The third kappa shape index (κ3) is 2.71. The maximum absolute atomic E-state index is 6.30. The number of ether oxygens (including phenoxy) is 2. The molecule has 0 fully saturated rings. The Balaban J connectivity index is 2.39. The lowest BCUT2D eigenvalue weighted by atomic mass is 9.83. The first-order valence-electron chi connectivity index (χ1n) is 7.28. The first-order chi connectivity index (χ1) is 9.18. The molecule has 19 heavy (non-hydrogen) atoms. The van der Waals surface area contributed by atoms with Gasteiger partial charge in [0.15, 0.2) is 0 Å². The molecule has 1 atom stereocenters. The highest BCUT2D eigenvalue weighted by Crippen LogP contribution is 2.43. The first-order valence-corrected chi connectivity index (χ1v) is 7.28. The van der Waals surface area contributed by atoms with Crippen LogP contribution in [0.2, 0.25) is 0 Å². The Morgan fingerprint density at radius 2 is 2.05 bits per heavy atom. The van der Waals surface area contributed by atoms with E-state index in [9.17, 15) is 0 Å². The Bertz CT molecular complexity index is 427. The summed E-state index contributed by atoms with van der Waals surface area (Å²) in [5.41, 5.74) is 1.19. The van der Waals surface area contributed by atoms with Crippen molar-refractivity contribution >= 4 is 0 Å². The zero-order chi connectivity index (χ0) is 13.9. The largest absolute Gasteiger partial charge is 0.497 e. The second-order valence-corrected chi connectivity index (χ2v) is 5.21. The second-order valence-electron chi connectivity index (χ2n) is 5.21. The van der Waals surface area contributed by atoms with Crippen LogP contribution in [0.5, 0.6) is 11.5 Å². The first kappa shape index (κ1) is 14.2. The average Bonchev–Trinajstić information content (AvgIpc) is 2.47. The molecule has 0 radical (unpaired) electrons. The molecule has 0 bridgehead atoms. The Labute approximate surface area is 116 Å². The van der Waals surface area contributed by atoms with Crippen LogP contribution in [0.25, 0.3) is 0 Å². The molecule has 1 aromatic rings. The van der Waals surface area contributed by atoms with Gasteiger partial charge in [-0.1, -0.05) is 20.8 Å². The van der Waals surface area contributed by atoms with Crippen LogP contribution in [-0.4, -0.2) is 19.3 Å². The summed E-state index contributed by atoms with van der Waals surface area (Å²) in [5.74, 6) is 1.90. The van der Waals surface area contributed by atoms with E-state index in [0.717, 1.165) is 37.3 Å². The van der Waals surface area contributed by atoms with Gasteiger partial charge in [0, 0.05) is 18.0 Å². The van der Waals surface area contributed by atoms with Gasteiger partial charge < -0.3 is 14.8 Å². The SMILES string of the molecule is CCNC1CC(CC)(CC)Oc2ccc(OC)cc21. The molecule has 1 aliphatic heterocycles. The fourth-order valence-electron chi connectivity index (χ4n) is 2.89. The molecule has 1 aliphatic rings. The molecule has 0 saturated heterocycles. The van der Waals surface area contributed by atoms with Crippen molar-refractivity contribution in [3.63, 3.8) is 0 Å². The topological polar surface area (TPSA) is 30.5 Å². The summed E-state index contributed by atoms with van der Waals surface area (Å²) in [6.07, 6.45) is 3.10. The quantitative estimate of drug-likeness (QED) is 0.879. The van der Waals surface area contributed by atoms with Crippen LogP contribution in [-0.2, 0) is 0 Å². The van der Waals surface area contributed by atoms with E-state index < -0.39 is 0 Å². The monoisotopic (exact) mass is 263 g/mol. The second kappa shape index (κ2) is 5.83. The fourth-order valence-corrected chi connectivity index (χ4v) is 2.89. The summed E-state index contributed by atoms with van der Waals surface area (Å²) in [7, 11) is 1.70. The number of hydrogen-bond donors (Lipinski definition) is 1. The molecule has 0 aliphatic carbocycles. The van der Waals surface area contributed by atoms with Gasteiger partial charge in [0.25, 0.3) is 0 Å². The fraction of sp³-hybridized carbons (Fsp3) is 0.625. The maximum Gasteiger partial charge on any atom is 0.125 e. The van der Waals surface area contributed by atoms with E-state index in [2.05, 4.69) is 32.2 Å². The summed E-state index contributed by atoms with van der Waals surface area (Å²) >= 11 is 0. The zero-order valence-corrected chi connectivity index (χ0v) is 12.5. The van der Waals surface area contributed by atoms with Gasteiger partial charge in [-0.25, -0.2) is 0 Å². The van der Waals surface area contributed by atoms with Gasteiger partial charge in [0.05, 0.1) is 7.11 Å². The normalized spacial score (nSPS) is 20.5. The molecule has 3 heteroatoms. The van der Waals surface area contributed by atoms with Crippen molar-refractivity contribution in [1.82, 2.24) is 5.32 Å². The molecule has 0 aromatic heterocycles. The third-order valence-corrected chi connectivity index (χ3v) is 4.23. The predicted octanol–water partition coefficient (Wildman–Crippen LogP) is 3.69. The molecular weight excluding hydrogens is 238 g/mol. The van der Waals surface area contributed by atoms with E-state index in [-0.39, 0.29) is 5.60 Å². The van der Waals surface area contributed by atoms with E-state index in [4.69, 9.17) is 9.47 Å². The maximum atomic E-state index is 6.30. The number of nitrogens with one attached hydrogen (secondary N) is 1. The lowest BCUT2D eigenvalue weighted by Gasteiger charge is -2.42. The van der Waals surface area contributed by atoms with Crippen molar-refractivity contribution in [2.45, 2.75) is 51.7 Å².